The summed E-state index contributed by atoms with van der Waals surface area (Å²) in [7, 11) is 1.52. The van der Waals surface area contributed by atoms with Crippen LogP contribution in [0.5, 0.6) is 0 Å². The van der Waals surface area contributed by atoms with Crippen LogP contribution in [0.15, 0.2) is 94.6 Å². The lowest BCUT2D eigenvalue weighted by Crippen LogP contribution is -2.42. The smallest absolute Gasteiger partial charge is 0.416 e. The minimum atomic E-state index is -4.52. The molecule has 42 heavy (non-hydrogen) atoms. The highest BCUT2D eigenvalue weighted by molar-refractivity contribution is 7.17. The number of hydrogen-bond donors (Lipinski definition) is 2. The van der Waals surface area contributed by atoms with Crippen molar-refractivity contribution in [1.29, 1.82) is 0 Å². The van der Waals surface area contributed by atoms with Crippen molar-refractivity contribution in [2.45, 2.75) is 18.6 Å². The van der Waals surface area contributed by atoms with Gasteiger partial charge in [0.1, 0.15) is 6.04 Å². The summed E-state index contributed by atoms with van der Waals surface area (Å²) in [5.41, 5.74) is -0.719. The number of carbonyl (C=O) groups excluding carboxylic acids is 1. The van der Waals surface area contributed by atoms with E-state index in [0.717, 1.165) is 28.0 Å². The molecule has 0 fully saturated rings. The number of nitrogens with zero attached hydrogens (tertiary/aromatic N) is 2. The van der Waals surface area contributed by atoms with E-state index in [4.69, 9.17) is 0 Å². The standard InChI is InChI=1S/C30H22F3N3O5S/c1-35-14-13-26(37)36(29(35)41)23-10-4-8-20-17(5-3-9-21(20)23)16-22(28(39)40)34-27(38)25-12-11-24(42-25)18-6-2-7-19(15-18)30(31,32)33/h2-15,22H,16H2,1H3,(H,34,38)(H,39,40)/t22-/m0/s1. The van der Waals surface area contributed by atoms with Gasteiger partial charge in [-0.25, -0.2) is 14.2 Å². The van der Waals surface area contributed by atoms with Crippen LogP contribution in [-0.2, 0) is 24.4 Å². The Morgan fingerprint density at radius 3 is 2.40 bits per heavy atom. The van der Waals surface area contributed by atoms with Crippen molar-refractivity contribution < 1.29 is 27.9 Å². The molecule has 0 unspecified atom stereocenters. The normalized spacial score (nSPS) is 12.3. The number of hydrogen-bond acceptors (Lipinski definition) is 5. The summed E-state index contributed by atoms with van der Waals surface area (Å²) in [5, 5.41) is 13.6. The van der Waals surface area contributed by atoms with E-state index in [2.05, 4.69) is 5.32 Å². The van der Waals surface area contributed by atoms with E-state index in [9.17, 15) is 37.5 Å². The van der Waals surface area contributed by atoms with Crippen molar-refractivity contribution in [1.82, 2.24) is 14.5 Å². The van der Waals surface area contributed by atoms with Gasteiger partial charge >= 0.3 is 17.8 Å². The number of nitrogens with one attached hydrogen (secondary N) is 1. The summed E-state index contributed by atoms with van der Waals surface area (Å²) in [6, 6.07) is 17.6. The van der Waals surface area contributed by atoms with Crippen LogP contribution in [0.25, 0.3) is 26.9 Å². The van der Waals surface area contributed by atoms with Gasteiger partial charge in [-0.2, -0.15) is 13.2 Å². The fraction of sp³-hybridized carbons (Fsp3) is 0.133. The molecule has 5 aromatic rings. The number of alkyl halides is 3. The molecule has 214 valence electrons. The van der Waals surface area contributed by atoms with Crippen molar-refractivity contribution in [3.8, 4) is 16.1 Å². The molecule has 1 amide bonds. The molecule has 0 aliphatic rings. The maximum absolute atomic E-state index is 13.1. The second kappa shape index (κ2) is 11.1. The second-order valence-corrected chi connectivity index (χ2v) is 10.6. The van der Waals surface area contributed by atoms with Gasteiger partial charge in [0.05, 0.1) is 16.1 Å². The van der Waals surface area contributed by atoms with Crippen LogP contribution < -0.4 is 16.6 Å². The topological polar surface area (TPSA) is 110 Å². The SMILES string of the molecule is Cn1ccc(=O)n(-c2cccc3c(C[C@H](NC(=O)c4ccc(-c5cccc(C(F)(F)F)c5)s4)C(=O)O)cccc23)c1=O. The van der Waals surface area contributed by atoms with Gasteiger partial charge in [-0.05, 0) is 46.8 Å². The summed E-state index contributed by atoms with van der Waals surface area (Å²) in [6.45, 7) is 0. The third-order valence-electron chi connectivity index (χ3n) is 6.72. The Kier molecular flexibility index (Phi) is 7.57. The predicted molar refractivity (Wildman–Crippen MR) is 152 cm³/mol. The molecule has 0 saturated heterocycles. The van der Waals surface area contributed by atoms with Crippen LogP contribution in [-0.4, -0.2) is 32.2 Å². The molecule has 0 radical (unpaired) electrons. The number of carboxylic acids is 1. The van der Waals surface area contributed by atoms with Crippen molar-refractivity contribution in [2.24, 2.45) is 7.05 Å². The quantitative estimate of drug-likeness (QED) is 0.280. The molecule has 3 aromatic carbocycles. The molecule has 0 bridgehead atoms. The van der Waals surface area contributed by atoms with E-state index in [1.165, 1.54) is 48.1 Å². The van der Waals surface area contributed by atoms with Gasteiger partial charge in [0, 0.05) is 36.0 Å². The lowest BCUT2D eigenvalue weighted by molar-refractivity contribution is -0.139. The molecule has 0 aliphatic carbocycles. The van der Waals surface area contributed by atoms with E-state index >= 15 is 0 Å². The van der Waals surface area contributed by atoms with Crippen molar-refractivity contribution >= 4 is 34.0 Å². The summed E-state index contributed by atoms with van der Waals surface area (Å²) in [4.78, 5) is 51.1. The van der Waals surface area contributed by atoms with Crippen LogP contribution in [0, 0.1) is 0 Å². The number of aromatic nitrogens is 2. The Morgan fingerprint density at radius 1 is 0.952 bits per heavy atom. The Balaban J connectivity index is 1.43. The molecule has 2 N–H and O–H groups in total. The number of carbonyl (C=O) groups is 2. The fourth-order valence-corrected chi connectivity index (χ4v) is 5.54. The van der Waals surface area contributed by atoms with Gasteiger partial charge < -0.3 is 15.0 Å². The molecule has 5 rings (SSSR count). The first kappa shape index (κ1) is 28.6. The molecule has 8 nitrogen and oxygen atoms in total. The Morgan fingerprint density at radius 2 is 1.67 bits per heavy atom. The van der Waals surface area contributed by atoms with E-state index in [1.54, 1.807) is 36.4 Å². The van der Waals surface area contributed by atoms with Crippen molar-refractivity contribution in [3.05, 3.63) is 122 Å². The molecule has 0 saturated carbocycles. The number of benzene rings is 3. The zero-order valence-electron chi connectivity index (χ0n) is 21.9. The lowest BCUT2D eigenvalue weighted by Gasteiger charge is -2.17. The van der Waals surface area contributed by atoms with Crippen LogP contribution in [0.2, 0.25) is 0 Å². The number of halogens is 3. The highest BCUT2D eigenvalue weighted by Crippen LogP contribution is 2.34. The number of carboxylic acid groups (broad SMARTS) is 1. The number of aryl methyl sites for hydroxylation is 1. The van der Waals surface area contributed by atoms with Crippen LogP contribution in [0.1, 0.15) is 20.8 Å². The first-order valence-electron chi connectivity index (χ1n) is 12.5. The molecule has 2 aromatic heterocycles. The average Bonchev–Trinajstić information content (AvgIpc) is 3.45. The molecule has 0 spiro atoms. The van der Waals surface area contributed by atoms with Crippen LogP contribution in [0.3, 0.4) is 0 Å². The van der Waals surface area contributed by atoms with Gasteiger partial charge in [-0.1, -0.05) is 42.5 Å². The highest BCUT2D eigenvalue weighted by Gasteiger charge is 2.30. The maximum Gasteiger partial charge on any atom is 0.416 e. The third kappa shape index (κ3) is 5.61. The van der Waals surface area contributed by atoms with E-state index in [1.807, 2.05) is 0 Å². The Hall–Kier alpha value is -4.97. The molecule has 12 heteroatoms. The first-order valence-corrected chi connectivity index (χ1v) is 13.4. The maximum atomic E-state index is 13.1. The number of aliphatic carboxylic acids is 1. The Labute approximate surface area is 239 Å². The number of amides is 1. The van der Waals surface area contributed by atoms with Crippen molar-refractivity contribution in [2.75, 3.05) is 0 Å². The van der Waals surface area contributed by atoms with Crippen LogP contribution in [0.4, 0.5) is 13.2 Å². The van der Waals surface area contributed by atoms with Gasteiger partial charge in [-0.15, -0.1) is 11.3 Å². The van der Waals surface area contributed by atoms with Crippen LogP contribution >= 0.6 is 11.3 Å². The second-order valence-electron chi connectivity index (χ2n) is 9.48. The summed E-state index contributed by atoms with van der Waals surface area (Å²) < 4.78 is 41.7. The zero-order chi connectivity index (χ0) is 30.2. The van der Waals surface area contributed by atoms with E-state index in [0.29, 0.717) is 26.9 Å². The zero-order valence-corrected chi connectivity index (χ0v) is 22.7. The minimum absolute atomic E-state index is 0.116. The summed E-state index contributed by atoms with van der Waals surface area (Å²) in [6.07, 6.45) is -3.26. The number of thiophene rings is 1. The largest absolute Gasteiger partial charge is 0.480 e. The monoisotopic (exact) mass is 593 g/mol. The summed E-state index contributed by atoms with van der Waals surface area (Å²) >= 11 is 0.943. The Bertz CT molecular complexity index is 1960. The highest BCUT2D eigenvalue weighted by atomic mass is 32.1. The van der Waals surface area contributed by atoms with Crippen molar-refractivity contribution in [3.63, 3.8) is 0 Å². The molecule has 0 aliphatic heterocycles. The molecule has 2 heterocycles. The van der Waals surface area contributed by atoms with E-state index < -0.39 is 40.9 Å². The minimum Gasteiger partial charge on any atom is -0.480 e. The first-order chi connectivity index (χ1) is 19.9. The number of rotatable bonds is 7. The summed E-state index contributed by atoms with van der Waals surface area (Å²) in [5.74, 6) is -1.98. The van der Waals surface area contributed by atoms with Gasteiger partial charge in [0.15, 0.2) is 0 Å². The molecular weight excluding hydrogens is 571 g/mol. The molecular formula is C30H22F3N3O5S. The number of fused-ring (bicyclic) bond motifs is 1. The van der Waals surface area contributed by atoms with Gasteiger partial charge in [-0.3, -0.25) is 9.59 Å². The van der Waals surface area contributed by atoms with Gasteiger partial charge in [0.25, 0.3) is 11.5 Å². The lowest BCUT2D eigenvalue weighted by atomic mass is 9.97. The average molecular weight is 594 g/mol. The van der Waals surface area contributed by atoms with Gasteiger partial charge in [0.2, 0.25) is 0 Å². The fourth-order valence-electron chi connectivity index (χ4n) is 4.63. The third-order valence-corrected chi connectivity index (χ3v) is 7.85. The predicted octanol–water partition coefficient (Wildman–Crippen LogP) is 4.86. The van der Waals surface area contributed by atoms with E-state index in [-0.39, 0.29) is 16.9 Å². The molecule has 1 atom stereocenters.